The molecule has 6 rings (SSSR count). The number of nitrogens with zero attached hydrogens (tertiary/aromatic N) is 6. The van der Waals surface area contributed by atoms with Crippen molar-refractivity contribution >= 4 is 29.1 Å². The highest BCUT2D eigenvalue weighted by Crippen LogP contribution is 2.38. The third-order valence-corrected chi connectivity index (χ3v) is 10.3. The second-order valence-electron chi connectivity index (χ2n) is 13.2. The van der Waals surface area contributed by atoms with Gasteiger partial charge in [0, 0.05) is 80.2 Å². The molecule has 1 aromatic carbocycles. The molecule has 1 aliphatic carbocycles. The average molecular weight is 651 g/mol. The number of carbonyl (C=O) groups is 2. The van der Waals surface area contributed by atoms with Gasteiger partial charge in [-0.2, -0.15) is 0 Å². The molecule has 46 heavy (non-hydrogen) atoms. The summed E-state index contributed by atoms with van der Waals surface area (Å²) in [6.45, 7) is 10.1. The number of aryl methyl sites for hydroxylation is 3. The number of fused-ring (bicyclic) bond motifs is 1. The number of anilines is 1. The first-order chi connectivity index (χ1) is 22.0. The molecule has 11 heteroatoms. The summed E-state index contributed by atoms with van der Waals surface area (Å²) in [7, 11) is 0. The fourth-order valence-corrected chi connectivity index (χ4v) is 7.50. The van der Waals surface area contributed by atoms with Crippen LogP contribution in [0.3, 0.4) is 0 Å². The van der Waals surface area contributed by atoms with Gasteiger partial charge in [-0.15, -0.1) is 0 Å². The molecule has 0 bridgehead atoms. The monoisotopic (exact) mass is 650 g/mol. The molecule has 0 spiro atoms. The Hall–Kier alpha value is -3.50. The molecule has 4 heterocycles. The zero-order valence-corrected chi connectivity index (χ0v) is 27.4. The van der Waals surface area contributed by atoms with Gasteiger partial charge in [0.05, 0.1) is 17.0 Å². The van der Waals surface area contributed by atoms with Gasteiger partial charge in [-0.3, -0.25) is 14.6 Å². The van der Waals surface area contributed by atoms with E-state index in [-0.39, 0.29) is 37.5 Å². The lowest BCUT2D eigenvalue weighted by Crippen LogP contribution is -2.41. The van der Waals surface area contributed by atoms with Crippen LogP contribution in [-0.2, 0) is 4.79 Å². The molecule has 2 atom stereocenters. The van der Waals surface area contributed by atoms with Gasteiger partial charge in [-0.25, -0.2) is 18.7 Å². The number of amides is 2. The van der Waals surface area contributed by atoms with Gasteiger partial charge in [0.15, 0.2) is 5.82 Å². The minimum absolute atomic E-state index is 0.0105. The Kier molecular flexibility index (Phi) is 9.39. The Balaban J connectivity index is 1.05. The van der Waals surface area contributed by atoms with E-state index < -0.39 is 11.8 Å². The molecule has 2 aromatic heterocycles. The van der Waals surface area contributed by atoms with Gasteiger partial charge in [-0.1, -0.05) is 17.7 Å². The van der Waals surface area contributed by atoms with Crippen LogP contribution in [0.1, 0.15) is 59.4 Å². The van der Waals surface area contributed by atoms with Gasteiger partial charge in [0.2, 0.25) is 11.8 Å². The number of aromatic nitrogens is 3. The largest absolute Gasteiger partial charge is 0.338 e. The lowest BCUT2D eigenvalue weighted by Gasteiger charge is -2.32. The van der Waals surface area contributed by atoms with Crippen molar-refractivity contribution in [1.82, 2.24) is 24.8 Å². The number of rotatable bonds is 8. The third-order valence-electron chi connectivity index (χ3n) is 9.93. The number of hydrogen-bond acceptors (Lipinski definition) is 6. The zero-order valence-electron chi connectivity index (χ0n) is 26.7. The number of likely N-dealkylation sites (tertiary alicyclic amines) is 2. The van der Waals surface area contributed by atoms with Crippen LogP contribution in [-0.4, -0.2) is 81.8 Å². The number of carbonyl (C=O) groups excluding carboxylic acids is 2. The number of pyridine rings is 1. The molecule has 2 saturated heterocycles. The highest BCUT2D eigenvalue weighted by atomic mass is 35.5. The maximum atomic E-state index is 13.8. The standard InChI is InChI=1S/C35H41ClF2N6O2/c1-22-5-6-29(17-30(22)36)44(33(45)26-7-11-35(37,38)12-8-26)16-4-15-42-18-27-20-43(21-28(27)19-42)34(46)31-23(2)40-32(41-24(31)3)25-9-13-39-14-10-25/h5-6,9-10,13-14,17,26-28H,4,7-8,11-12,15-16,18-21H2,1-3H3. The second kappa shape index (κ2) is 13.3. The van der Waals surface area contributed by atoms with Crippen LogP contribution >= 0.6 is 11.6 Å². The number of halogens is 3. The summed E-state index contributed by atoms with van der Waals surface area (Å²) in [6, 6.07) is 9.31. The van der Waals surface area contributed by atoms with Crippen molar-refractivity contribution in [1.29, 1.82) is 0 Å². The SMILES string of the molecule is Cc1ccc(N(CCCN2CC3CN(C(=O)c4c(C)nc(-c5ccncc5)nc4C)CC3C2)C(=O)C2CCC(F)(F)CC2)cc1Cl. The Morgan fingerprint density at radius 3 is 2.20 bits per heavy atom. The molecule has 244 valence electrons. The summed E-state index contributed by atoms with van der Waals surface area (Å²) in [5, 5.41) is 0.582. The molecule has 2 amide bonds. The highest BCUT2D eigenvalue weighted by molar-refractivity contribution is 6.31. The average Bonchev–Trinajstić information content (AvgIpc) is 3.60. The summed E-state index contributed by atoms with van der Waals surface area (Å²) < 4.78 is 27.6. The minimum atomic E-state index is -2.68. The van der Waals surface area contributed by atoms with Crippen molar-refractivity contribution in [3.05, 3.63) is 70.3 Å². The lowest BCUT2D eigenvalue weighted by atomic mass is 9.85. The molecule has 2 aliphatic heterocycles. The quantitative estimate of drug-likeness (QED) is 0.282. The summed E-state index contributed by atoms with van der Waals surface area (Å²) in [5.41, 5.74) is 4.44. The van der Waals surface area contributed by atoms with Gasteiger partial charge in [0.1, 0.15) is 0 Å². The molecule has 0 N–H and O–H groups in total. The van der Waals surface area contributed by atoms with Crippen molar-refractivity contribution in [2.24, 2.45) is 17.8 Å². The molecule has 1 saturated carbocycles. The van der Waals surface area contributed by atoms with Crippen molar-refractivity contribution < 1.29 is 18.4 Å². The molecular weight excluding hydrogens is 610 g/mol. The van der Waals surface area contributed by atoms with E-state index in [4.69, 9.17) is 11.6 Å². The zero-order chi connectivity index (χ0) is 32.6. The molecule has 2 unspecified atom stereocenters. The summed E-state index contributed by atoms with van der Waals surface area (Å²) in [5.74, 6) is -1.82. The van der Waals surface area contributed by atoms with E-state index in [2.05, 4.69) is 19.9 Å². The van der Waals surface area contributed by atoms with Crippen LogP contribution in [0, 0.1) is 38.5 Å². The third kappa shape index (κ3) is 6.93. The topological polar surface area (TPSA) is 82.5 Å². The molecule has 8 nitrogen and oxygen atoms in total. The molecule has 0 radical (unpaired) electrons. The Labute approximate surface area is 274 Å². The number of hydrogen-bond donors (Lipinski definition) is 0. The Morgan fingerprint density at radius 1 is 0.957 bits per heavy atom. The predicted octanol–water partition coefficient (Wildman–Crippen LogP) is 6.37. The van der Waals surface area contributed by atoms with Crippen molar-refractivity contribution in [2.45, 2.75) is 58.8 Å². The van der Waals surface area contributed by atoms with E-state index in [0.717, 1.165) is 37.2 Å². The second-order valence-corrected chi connectivity index (χ2v) is 13.6. The Bertz CT molecular complexity index is 1560. The van der Waals surface area contributed by atoms with E-state index in [0.29, 0.717) is 65.0 Å². The smallest absolute Gasteiger partial charge is 0.257 e. The van der Waals surface area contributed by atoms with E-state index in [9.17, 15) is 18.4 Å². The maximum absolute atomic E-state index is 13.8. The first kappa shape index (κ1) is 32.4. The normalized spacial score (nSPS) is 21.4. The Morgan fingerprint density at radius 2 is 1.59 bits per heavy atom. The minimum Gasteiger partial charge on any atom is -0.338 e. The van der Waals surface area contributed by atoms with Crippen molar-refractivity contribution in [3.8, 4) is 11.4 Å². The van der Waals surface area contributed by atoms with Crippen LogP contribution in [0.5, 0.6) is 0 Å². The predicted molar refractivity (Wildman–Crippen MR) is 174 cm³/mol. The maximum Gasteiger partial charge on any atom is 0.257 e. The molecule has 3 aliphatic rings. The highest BCUT2D eigenvalue weighted by Gasteiger charge is 2.42. The lowest BCUT2D eigenvalue weighted by molar-refractivity contribution is -0.126. The van der Waals surface area contributed by atoms with Crippen LogP contribution in [0.2, 0.25) is 5.02 Å². The van der Waals surface area contributed by atoms with E-state index in [1.54, 1.807) is 23.4 Å². The van der Waals surface area contributed by atoms with Gasteiger partial charge < -0.3 is 14.7 Å². The first-order valence-corrected chi connectivity index (χ1v) is 16.6. The summed E-state index contributed by atoms with van der Waals surface area (Å²) in [4.78, 5) is 46.7. The van der Waals surface area contributed by atoms with Crippen molar-refractivity contribution in [3.63, 3.8) is 0 Å². The summed E-state index contributed by atoms with van der Waals surface area (Å²) in [6.07, 6.45) is 4.07. The summed E-state index contributed by atoms with van der Waals surface area (Å²) >= 11 is 6.42. The van der Waals surface area contributed by atoms with Gasteiger partial charge in [0.25, 0.3) is 5.91 Å². The van der Waals surface area contributed by atoms with E-state index in [1.807, 2.05) is 49.9 Å². The van der Waals surface area contributed by atoms with E-state index in [1.165, 1.54) is 0 Å². The molecule has 3 fully saturated rings. The number of benzene rings is 1. The molecule has 3 aromatic rings. The molecular formula is C35H41ClF2N6O2. The van der Waals surface area contributed by atoms with Crippen LogP contribution < -0.4 is 4.90 Å². The fourth-order valence-electron chi connectivity index (χ4n) is 7.33. The van der Waals surface area contributed by atoms with Crippen LogP contribution in [0.4, 0.5) is 14.5 Å². The van der Waals surface area contributed by atoms with Gasteiger partial charge >= 0.3 is 0 Å². The van der Waals surface area contributed by atoms with E-state index >= 15 is 0 Å². The fraction of sp³-hybridized carbons (Fsp3) is 0.514. The number of alkyl halides is 2. The van der Waals surface area contributed by atoms with Crippen LogP contribution in [0.25, 0.3) is 11.4 Å². The van der Waals surface area contributed by atoms with Crippen molar-refractivity contribution in [2.75, 3.05) is 44.2 Å². The van der Waals surface area contributed by atoms with Gasteiger partial charge in [-0.05, 0) is 88.2 Å². The first-order valence-electron chi connectivity index (χ1n) is 16.2. The van der Waals surface area contributed by atoms with Crippen LogP contribution in [0.15, 0.2) is 42.7 Å².